The normalized spacial score (nSPS) is 12.0. The Hall–Kier alpha value is -0.510. The topological polar surface area (TPSA) is 41.5 Å². The number of hydrogen-bond acceptors (Lipinski definition) is 3. The molecule has 0 aromatic rings. The molecule has 0 unspecified atom stereocenters. The zero-order valence-electron chi connectivity index (χ0n) is 8.05. The van der Waals surface area contributed by atoms with Crippen LogP contribution in [0, 0.1) is 5.41 Å². The Bertz CT molecular complexity index is 172. The molecule has 0 aromatic carbocycles. The van der Waals surface area contributed by atoms with Crippen molar-refractivity contribution >= 4 is 24.1 Å². The number of carbonyl (C=O) groups is 1. The molecule has 0 atom stereocenters. The van der Waals surface area contributed by atoms with Gasteiger partial charge in [0, 0.05) is 12.8 Å². The molecular formula is C8H16N2OS. The number of rotatable bonds is 3. The van der Waals surface area contributed by atoms with Crippen molar-refractivity contribution in [3.05, 3.63) is 0 Å². The molecule has 4 heteroatoms. The van der Waals surface area contributed by atoms with Crippen molar-refractivity contribution in [2.45, 2.75) is 20.8 Å². The molecule has 0 fully saturated rings. The molecule has 0 aliphatic heterocycles. The Labute approximate surface area is 78.2 Å². The third-order valence-corrected chi connectivity index (χ3v) is 2.24. The molecule has 12 heavy (non-hydrogen) atoms. The molecule has 0 heterocycles. The first-order valence-electron chi connectivity index (χ1n) is 3.83. The number of hydrogen-bond donors (Lipinski definition) is 1. The van der Waals surface area contributed by atoms with E-state index in [1.54, 1.807) is 7.05 Å². The summed E-state index contributed by atoms with van der Waals surface area (Å²) in [4.78, 5) is 10.7. The first-order valence-corrected chi connectivity index (χ1v) is 4.77. The second-order valence-electron chi connectivity index (χ2n) is 3.68. The van der Waals surface area contributed by atoms with E-state index in [9.17, 15) is 4.79 Å². The number of carbonyl (C=O) groups excluding carboxylic acids is 1. The SMILES string of the molecule is CNC(=O)C=NSCC(C)(C)C. The summed E-state index contributed by atoms with van der Waals surface area (Å²) in [6, 6.07) is 0. The van der Waals surface area contributed by atoms with Gasteiger partial charge >= 0.3 is 0 Å². The maximum Gasteiger partial charge on any atom is 0.262 e. The summed E-state index contributed by atoms with van der Waals surface area (Å²) >= 11 is 1.41. The monoisotopic (exact) mass is 188 g/mol. The summed E-state index contributed by atoms with van der Waals surface area (Å²) in [6.07, 6.45) is 1.30. The van der Waals surface area contributed by atoms with Crippen molar-refractivity contribution < 1.29 is 4.79 Å². The molecule has 0 aromatic heterocycles. The fourth-order valence-electron chi connectivity index (χ4n) is 0.381. The Kier molecular flexibility index (Phi) is 4.97. The highest BCUT2D eigenvalue weighted by Crippen LogP contribution is 2.20. The van der Waals surface area contributed by atoms with E-state index >= 15 is 0 Å². The highest BCUT2D eigenvalue weighted by Gasteiger charge is 2.08. The summed E-state index contributed by atoms with van der Waals surface area (Å²) in [7, 11) is 1.59. The fraction of sp³-hybridized carbons (Fsp3) is 0.750. The lowest BCUT2D eigenvalue weighted by Crippen LogP contribution is -2.18. The predicted molar refractivity (Wildman–Crippen MR) is 54.5 cm³/mol. The van der Waals surface area contributed by atoms with E-state index in [1.165, 1.54) is 18.2 Å². The number of amides is 1. The van der Waals surface area contributed by atoms with Crippen molar-refractivity contribution in [3.8, 4) is 0 Å². The van der Waals surface area contributed by atoms with Crippen molar-refractivity contribution in [1.82, 2.24) is 5.32 Å². The van der Waals surface area contributed by atoms with E-state index in [2.05, 4.69) is 30.5 Å². The lowest BCUT2D eigenvalue weighted by Gasteiger charge is -2.14. The molecule has 70 valence electrons. The summed E-state index contributed by atoms with van der Waals surface area (Å²) < 4.78 is 3.91. The van der Waals surface area contributed by atoms with Crippen molar-refractivity contribution in [2.24, 2.45) is 9.81 Å². The third kappa shape index (κ3) is 7.60. The van der Waals surface area contributed by atoms with Gasteiger partial charge in [-0.1, -0.05) is 20.8 Å². The standard InChI is InChI=1S/C8H16N2OS/c1-8(2,3)6-12-10-5-7(11)9-4/h5H,6H2,1-4H3,(H,9,11). The van der Waals surface area contributed by atoms with Crippen molar-refractivity contribution in [3.63, 3.8) is 0 Å². The van der Waals surface area contributed by atoms with E-state index in [-0.39, 0.29) is 11.3 Å². The Morgan fingerprint density at radius 2 is 2.17 bits per heavy atom. The molecule has 1 amide bonds. The average Bonchev–Trinajstić information content (AvgIpc) is 1.96. The second-order valence-corrected chi connectivity index (χ2v) is 4.44. The molecule has 0 aliphatic rings. The van der Waals surface area contributed by atoms with Gasteiger partial charge in [0.25, 0.3) is 5.91 Å². The van der Waals surface area contributed by atoms with Gasteiger partial charge in [-0.25, -0.2) is 4.40 Å². The van der Waals surface area contributed by atoms with Crippen LogP contribution in [0.5, 0.6) is 0 Å². The molecule has 0 saturated carbocycles. The largest absolute Gasteiger partial charge is 0.354 e. The van der Waals surface area contributed by atoms with Crippen LogP contribution < -0.4 is 5.32 Å². The van der Waals surface area contributed by atoms with Crippen LogP contribution in [0.15, 0.2) is 4.40 Å². The molecule has 0 radical (unpaired) electrons. The summed E-state index contributed by atoms with van der Waals surface area (Å²) in [5.74, 6) is 0.761. The minimum Gasteiger partial charge on any atom is -0.354 e. The van der Waals surface area contributed by atoms with Gasteiger partial charge in [0.1, 0.15) is 0 Å². The molecular weight excluding hydrogens is 172 g/mol. The van der Waals surface area contributed by atoms with Crippen LogP contribution in [0.1, 0.15) is 20.8 Å². The summed E-state index contributed by atoms with van der Waals surface area (Å²) in [5, 5.41) is 2.46. The van der Waals surface area contributed by atoms with Crippen LogP contribution in [0.2, 0.25) is 0 Å². The minimum atomic E-state index is -0.156. The maximum atomic E-state index is 10.7. The molecule has 0 aliphatic carbocycles. The van der Waals surface area contributed by atoms with Crippen LogP contribution >= 0.6 is 11.9 Å². The quantitative estimate of drug-likeness (QED) is 0.538. The Morgan fingerprint density at radius 1 is 1.58 bits per heavy atom. The van der Waals surface area contributed by atoms with Crippen LogP contribution in [-0.2, 0) is 4.79 Å². The van der Waals surface area contributed by atoms with Gasteiger partial charge in [0.2, 0.25) is 0 Å². The van der Waals surface area contributed by atoms with E-state index in [4.69, 9.17) is 0 Å². The Balaban J connectivity index is 3.56. The van der Waals surface area contributed by atoms with Gasteiger partial charge in [-0.2, -0.15) is 0 Å². The van der Waals surface area contributed by atoms with E-state index in [0.29, 0.717) is 0 Å². The highest BCUT2D eigenvalue weighted by atomic mass is 32.2. The van der Waals surface area contributed by atoms with Crippen molar-refractivity contribution in [2.75, 3.05) is 12.8 Å². The number of nitrogens with one attached hydrogen (secondary N) is 1. The average molecular weight is 188 g/mol. The van der Waals surface area contributed by atoms with Gasteiger partial charge in [0.15, 0.2) is 0 Å². The van der Waals surface area contributed by atoms with E-state index < -0.39 is 0 Å². The Morgan fingerprint density at radius 3 is 2.58 bits per heavy atom. The zero-order valence-corrected chi connectivity index (χ0v) is 8.86. The summed E-state index contributed by atoms with van der Waals surface area (Å²) in [6.45, 7) is 6.40. The lowest BCUT2D eigenvalue weighted by molar-refractivity contribution is -0.113. The first-order chi connectivity index (χ1) is 5.45. The van der Waals surface area contributed by atoms with E-state index in [0.717, 1.165) is 5.75 Å². The summed E-state index contributed by atoms with van der Waals surface area (Å²) in [5.41, 5.74) is 0.255. The fourth-order valence-corrected chi connectivity index (χ4v) is 1.01. The van der Waals surface area contributed by atoms with Crippen LogP contribution in [-0.4, -0.2) is 24.9 Å². The molecule has 3 nitrogen and oxygen atoms in total. The predicted octanol–water partition coefficient (Wildman–Crippen LogP) is 1.50. The van der Waals surface area contributed by atoms with Gasteiger partial charge in [0.05, 0.1) is 6.21 Å². The van der Waals surface area contributed by atoms with Gasteiger partial charge in [-0.15, -0.1) is 0 Å². The highest BCUT2D eigenvalue weighted by molar-refractivity contribution is 7.98. The smallest absolute Gasteiger partial charge is 0.262 e. The third-order valence-electron chi connectivity index (χ3n) is 0.988. The van der Waals surface area contributed by atoms with Crippen molar-refractivity contribution in [1.29, 1.82) is 0 Å². The van der Waals surface area contributed by atoms with Crippen LogP contribution in [0.25, 0.3) is 0 Å². The molecule has 1 N–H and O–H groups in total. The van der Waals surface area contributed by atoms with E-state index in [1.807, 2.05) is 0 Å². The van der Waals surface area contributed by atoms with Crippen LogP contribution in [0.4, 0.5) is 0 Å². The molecule has 0 bridgehead atoms. The van der Waals surface area contributed by atoms with Crippen LogP contribution in [0.3, 0.4) is 0 Å². The van der Waals surface area contributed by atoms with Gasteiger partial charge in [-0.05, 0) is 17.4 Å². The van der Waals surface area contributed by atoms with Gasteiger partial charge < -0.3 is 5.32 Å². The minimum absolute atomic E-state index is 0.156. The van der Waals surface area contributed by atoms with Gasteiger partial charge in [-0.3, -0.25) is 4.79 Å². The molecule has 0 spiro atoms. The second kappa shape index (κ2) is 5.19. The lowest BCUT2D eigenvalue weighted by atomic mass is 10.0. The maximum absolute atomic E-state index is 10.7. The zero-order chi connectivity index (χ0) is 9.61. The molecule has 0 saturated heterocycles. The number of nitrogens with zero attached hydrogens (tertiary/aromatic N) is 1. The molecule has 0 rings (SSSR count). The first kappa shape index (κ1) is 11.5.